The Labute approximate surface area is 162 Å². The summed E-state index contributed by atoms with van der Waals surface area (Å²) in [6, 6.07) is 12.0. The van der Waals surface area contributed by atoms with Crippen LogP contribution in [0.5, 0.6) is 0 Å². The van der Waals surface area contributed by atoms with Crippen molar-refractivity contribution in [3.05, 3.63) is 69.6 Å². The van der Waals surface area contributed by atoms with Crippen LogP contribution in [0.1, 0.15) is 18.5 Å². The van der Waals surface area contributed by atoms with E-state index in [1.807, 2.05) is 24.3 Å². The van der Waals surface area contributed by atoms with Crippen molar-refractivity contribution in [2.75, 3.05) is 0 Å². The molecule has 0 fully saturated rings. The van der Waals surface area contributed by atoms with E-state index in [1.165, 1.54) is 6.33 Å². The topological polar surface area (TPSA) is 76.9 Å². The van der Waals surface area contributed by atoms with Gasteiger partial charge in [0, 0.05) is 15.0 Å². The molecule has 0 bridgehead atoms. The Hall–Kier alpha value is -1.55. The van der Waals surface area contributed by atoms with Crippen molar-refractivity contribution in [1.29, 1.82) is 0 Å². The van der Waals surface area contributed by atoms with Crippen molar-refractivity contribution in [3.8, 4) is 5.69 Å². The van der Waals surface area contributed by atoms with Gasteiger partial charge in [-0.1, -0.05) is 28.1 Å². The summed E-state index contributed by atoms with van der Waals surface area (Å²) >= 11 is 6.61. The number of nitrogens with zero attached hydrogens (tertiary/aromatic N) is 3. The van der Waals surface area contributed by atoms with Crippen molar-refractivity contribution in [2.24, 2.45) is 0 Å². The number of rotatable bonds is 5. The molecule has 1 atom stereocenters. The SMILES string of the molecule is CC(NS(=O)(=O)c1ccc(Br)cc1Br)c1ccc(-n2cncn2)cc1. The van der Waals surface area contributed by atoms with Crippen molar-refractivity contribution in [3.63, 3.8) is 0 Å². The zero-order valence-electron chi connectivity index (χ0n) is 13.1. The van der Waals surface area contributed by atoms with Gasteiger partial charge in [0.1, 0.15) is 12.7 Å². The van der Waals surface area contributed by atoms with E-state index >= 15 is 0 Å². The third-order valence-electron chi connectivity index (χ3n) is 3.59. The standard InChI is InChI=1S/C16H14Br2N4O2S/c1-11(12-2-5-14(6-3-12)22-10-19-9-20-22)21-25(23,24)16-7-4-13(17)8-15(16)18/h2-11,21H,1H3. The predicted octanol–water partition coefficient (Wildman–Crippen LogP) is 3.83. The van der Waals surface area contributed by atoms with Gasteiger partial charge in [-0.3, -0.25) is 0 Å². The minimum Gasteiger partial charge on any atom is -0.223 e. The monoisotopic (exact) mass is 484 g/mol. The van der Waals surface area contributed by atoms with Gasteiger partial charge in [0.05, 0.1) is 10.6 Å². The van der Waals surface area contributed by atoms with Crippen LogP contribution in [0.3, 0.4) is 0 Å². The predicted molar refractivity (Wildman–Crippen MR) is 102 cm³/mol. The van der Waals surface area contributed by atoms with Crippen LogP contribution in [0.2, 0.25) is 0 Å². The molecule has 2 aromatic carbocycles. The average Bonchev–Trinajstić information content (AvgIpc) is 3.08. The quantitative estimate of drug-likeness (QED) is 0.595. The molecule has 9 heteroatoms. The van der Waals surface area contributed by atoms with Gasteiger partial charge in [0.15, 0.2) is 0 Å². The smallest absolute Gasteiger partial charge is 0.223 e. The minimum atomic E-state index is -3.65. The maximum absolute atomic E-state index is 12.6. The van der Waals surface area contributed by atoms with Gasteiger partial charge in [0.2, 0.25) is 10.0 Å². The zero-order chi connectivity index (χ0) is 18.0. The molecular formula is C16H14Br2N4O2S. The lowest BCUT2D eigenvalue weighted by Gasteiger charge is -2.16. The number of hydrogen-bond acceptors (Lipinski definition) is 4. The van der Waals surface area contributed by atoms with Crippen LogP contribution in [0.25, 0.3) is 5.69 Å². The summed E-state index contributed by atoms with van der Waals surface area (Å²) in [6.45, 7) is 1.80. The third kappa shape index (κ3) is 4.17. The van der Waals surface area contributed by atoms with Crippen LogP contribution in [0, 0.1) is 0 Å². The molecule has 1 aromatic heterocycles. The van der Waals surface area contributed by atoms with E-state index in [1.54, 1.807) is 36.1 Å². The lowest BCUT2D eigenvalue weighted by atomic mass is 10.1. The first-order valence-electron chi connectivity index (χ1n) is 7.29. The molecule has 0 spiro atoms. The Balaban J connectivity index is 1.80. The average molecular weight is 486 g/mol. The van der Waals surface area contributed by atoms with Crippen molar-refractivity contribution in [1.82, 2.24) is 19.5 Å². The molecule has 0 saturated carbocycles. The highest BCUT2D eigenvalue weighted by atomic mass is 79.9. The van der Waals surface area contributed by atoms with E-state index in [9.17, 15) is 8.42 Å². The van der Waals surface area contributed by atoms with Crippen LogP contribution in [0.4, 0.5) is 0 Å². The Morgan fingerprint density at radius 3 is 2.44 bits per heavy atom. The van der Waals surface area contributed by atoms with Crippen LogP contribution in [-0.4, -0.2) is 23.2 Å². The highest BCUT2D eigenvalue weighted by Crippen LogP contribution is 2.27. The molecule has 0 aliphatic carbocycles. The third-order valence-corrected chi connectivity index (χ3v) is 6.60. The minimum absolute atomic E-state index is 0.196. The Morgan fingerprint density at radius 1 is 1.12 bits per heavy atom. The van der Waals surface area contributed by atoms with Gasteiger partial charge >= 0.3 is 0 Å². The Kier molecular flexibility index (Phi) is 5.38. The van der Waals surface area contributed by atoms with Gasteiger partial charge < -0.3 is 0 Å². The second-order valence-corrected chi connectivity index (χ2v) is 8.80. The van der Waals surface area contributed by atoms with Crippen molar-refractivity contribution >= 4 is 41.9 Å². The second-order valence-electron chi connectivity index (χ2n) is 5.35. The maximum Gasteiger partial charge on any atom is 0.242 e. The van der Waals surface area contributed by atoms with Gasteiger partial charge in [-0.25, -0.2) is 22.8 Å². The number of nitrogens with one attached hydrogen (secondary N) is 1. The first-order chi connectivity index (χ1) is 11.9. The summed E-state index contributed by atoms with van der Waals surface area (Å²) < 4.78 is 30.9. The van der Waals surface area contributed by atoms with E-state index in [4.69, 9.17) is 0 Å². The molecule has 25 heavy (non-hydrogen) atoms. The molecule has 1 N–H and O–H groups in total. The van der Waals surface area contributed by atoms with Crippen LogP contribution < -0.4 is 4.72 Å². The largest absolute Gasteiger partial charge is 0.242 e. The summed E-state index contributed by atoms with van der Waals surface area (Å²) in [5, 5.41) is 4.06. The molecule has 3 aromatic rings. The number of aromatic nitrogens is 3. The Morgan fingerprint density at radius 2 is 1.84 bits per heavy atom. The Bertz CT molecular complexity index is 974. The molecule has 1 heterocycles. The molecule has 0 aliphatic rings. The van der Waals surface area contributed by atoms with E-state index in [0.29, 0.717) is 4.47 Å². The zero-order valence-corrected chi connectivity index (χ0v) is 17.1. The van der Waals surface area contributed by atoms with Gasteiger partial charge in [-0.2, -0.15) is 5.10 Å². The lowest BCUT2D eigenvalue weighted by molar-refractivity contribution is 0.566. The highest BCUT2D eigenvalue weighted by Gasteiger charge is 2.21. The molecular weight excluding hydrogens is 472 g/mol. The molecule has 1 unspecified atom stereocenters. The van der Waals surface area contributed by atoms with Gasteiger partial charge in [0.25, 0.3) is 0 Å². The van der Waals surface area contributed by atoms with Gasteiger partial charge in [-0.05, 0) is 58.7 Å². The molecule has 0 aliphatic heterocycles. The molecule has 6 nitrogen and oxygen atoms in total. The van der Waals surface area contributed by atoms with E-state index in [-0.39, 0.29) is 10.9 Å². The van der Waals surface area contributed by atoms with E-state index in [0.717, 1.165) is 15.7 Å². The second kappa shape index (κ2) is 7.36. The summed E-state index contributed by atoms with van der Waals surface area (Å²) in [5.74, 6) is 0. The molecule has 3 rings (SSSR count). The van der Waals surface area contributed by atoms with Crippen molar-refractivity contribution < 1.29 is 8.42 Å². The molecule has 0 radical (unpaired) electrons. The summed E-state index contributed by atoms with van der Waals surface area (Å²) in [5.41, 5.74) is 1.70. The normalized spacial score (nSPS) is 12.9. The first kappa shape index (κ1) is 18.2. The summed E-state index contributed by atoms with van der Waals surface area (Å²) in [7, 11) is -3.65. The van der Waals surface area contributed by atoms with E-state index < -0.39 is 10.0 Å². The van der Waals surface area contributed by atoms with Crippen molar-refractivity contribution in [2.45, 2.75) is 17.9 Å². The number of sulfonamides is 1. The number of benzene rings is 2. The first-order valence-corrected chi connectivity index (χ1v) is 10.4. The fourth-order valence-electron chi connectivity index (χ4n) is 2.31. The fraction of sp³-hybridized carbons (Fsp3) is 0.125. The summed E-state index contributed by atoms with van der Waals surface area (Å²) in [6.07, 6.45) is 3.06. The molecule has 0 amide bonds. The molecule has 0 saturated heterocycles. The van der Waals surface area contributed by atoms with E-state index in [2.05, 4.69) is 46.7 Å². The fourth-order valence-corrected chi connectivity index (χ4v) is 5.29. The van der Waals surface area contributed by atoms with Crippen LogP contribution >= 0.6 is 31.9 Å². The lowest BCUT2D eigenvalue weighted by Crippen LogP contribution is -2.27. The van der Waals surface area contributed by atoms with Gasteiger partial charge in [-0.15, -0.1) is 0 Å². The maximum atomic E-state index is 12.6. The highest BCUT2D eigenvalue weighted by molar-refractivity contribution is 9.11. The number of halogens is 2. The summed E-state index contributed by atoms with van der Waals surface area (Å²) in [4.78, 5) is 4.10. The van der Waals surface area contributed by atoms with Crippen LogP contribution in [0.15, 0.2) is 69.0 Å². The number of hydrogen-bond donors (Lipinski definition) is 1. The van der Waals surface area contributed by atoms with Crippen LogP contribution in [-0.2, 0) is 10.0 Å². The molecule has 130 valence electrons.